The van der Waals surface area contributed by atoms with Gasteiger partial charge in [-0.25, -0.2) is 0 Å². The Morgan fingerprint density at radius 1 is 0.905 bits per heavy atom. The number of carbonyl (C=O) groups excluding carboxylic acids is 3. The van der Waals surface area contributed by atoms with Gasteiger partial charge in [-0.2, -0.15) is 0 Å². The Kier molecular flexibility index (Phi) is 12.0. The van der Waals surface area contributed by atoms with Gasteiger partial charge >= 0.3 is 0 Å². The number of likely N-dealkylation sites (tertiary alicyclic amines) is 2. The number of anilines is 2. The predicted octanol–water partition coefficient (Wildman–Crippen LogP) is 4.58. The third kappa shape index (κ3) is 8.80. The topological polar surface area (TPSA) is 192 Å². The monoisotopic (exact) mass is 857 g/mol. The van der Waals surface area contributed by atoms with Crippen molar-refractivity contribution >= 4 is 40.6 Å². The van der Waals surface area contributed by atoms with Gasteiger partial charge < -0.3 is 45.3 Å². The van der Waals surface area contributed by atoms with Gasteiger partial charge in [0.05, 0.1) is 35.7 Å². The number of nitrogens with one attached hydrogen (secondary N) is 3. The molecular weight excluding hydrogens is 799 g/mol. The molecule has 15 heteroatoms. The van der Waals surface area contributed by atoms with E-state index in [1.165, 1.54) is 0 Å². The Labute approximate surface area is 368 Å². The fourth-order valence-corrected chi connectivity index (χ4v) is 10.6. The molecule has 3 aromatic carbocycles. The number of amidine groups is 1. The van der Waals surface area contributed by atoms with Crippen LogP contribution in [0, 0.1) is 10.8 Å². The minimum Gasteiger partial charge on any atom is -0.507 e. The van der Waals surface area contributed by atoms with Gasteiger partial charge in [-0.15, -0.1) is 0 Å². The maximum absolute atomic E-state index is 13.6. The van der Waals surface area contributed by atoms with Crippen LogP contribution in [0.3, 0.4) is 0 Å². The van der Waals surface area contributed by atoms with Gasteiger partial charge in [0.1, 0.15) is 41.8 Å². The van der Waals surface area contributed by atoms with Gasteiger partial charge in [0.25, 0.3) is 0 Å². The number of phenols is 1. The van der Waals surface area contributed by atoms with Gasteiger partial charge in [-0.3, -0.25) is 30.0 Å². The molecule has 4 saturated heterocycles. The zero-order chi connectivity index (χ0) is 43.7. The molecule has 0 bridgehead atoms. The van der Waals surface area contributed by atoms with E-state index in [1.807, 2.05) is 23.1 Å². The molecule has 5 fully saturated rings. The largest absolute Gasteiger partial charge is 0.507 e. The van der Waals surface area contributed by atoms with Crippen molar-refractivity contribution in [2.24, 2.45) is 5.73 Å². The Morgan fingerprint density at radius 3 is 2.41 bits per heavy atom. The van der Waals surface area contributed by atoms with Crippen LogP contribution >= 0.6 is 0 Å². The van der Waals surface area contributed by atoms with Crippen molar-refractivity contribution in [1.82, 2.24) is 20.0 Å². The lowest BCUT2D eigenvalue weighted by molar-refractivity contribution is -0.135. The van der Waals surface area contributed by atoms with Crippen molar-refractivity contribution in [2.45, 2.75) is 81.4 Å². The number of rotatable bonds is 11. The smallest absolute Gasteiger partial charge is 0.249 e. The quantitative estimate of drug-likeness (QED) is 0.103. The summed E-state index contributed by atoms with van der Waals surface area (Å²) < 4.78 is 12.8. The lowest BCUT2D eigenvalue weighted by Gasteiger charge is -2.57. The number of nitrogens with two attached hydrogens (primary N) is 1. The number of carbonyl (C=O) groups is 3. The first-order chi connectivity index (χ1) is 30.5. The van der Waals surface area contributed by atoms with Crippen LogP contribution in [0.15, 0.2) is 78.5 Å². The summed E-state index contributed by atoms with van der Waals surface area (Å²) in [6.07, 6.45) is 8.97. The summed E-state index contributed by atoms with van der Waals surface area (Å²) in [5.74, 6) is 1.61. The highest BCUT2D eigenvalue weighted by Crippen LogP contribution is 2.45. The molecular formula is C48H59N9O6. The van der Waals surface area contributed by atoms with E-state index in [4.69, 9.17) is 26.0 Å². The molecule has 6 N–H and O–H groups in total. The minimum atomic E-state index is -0.379. The Balaban J connectivity index is 0.757. The second kappa shape index (κ2) is 17.9. The standard InChI is InChI=1S/C48H59N9O6/c49-38(37-8-1-2-11-42(37)58)29-41(46(50)51)55-24-25-57(48(31-55)18-5-19-48)33-6-3-7-35(28-33)63-34-16-22-54(23-17-34)44(60)30-53-20-14-32(15-21-53)36-9-4-10-39-45(36)62-27-26-56(39)40-12-13-43(59)52-47(40)61/h1-4,6-11,28-29,32,34,40,49,58H,5,12-27,30-31H2,(H3,50,51)(H,52,59,61)/b41-29+,49-38?/t40-/m0/s1. The Bertz CT molecular complexity index is 2280. The highest BCUT2D eigenvalue weighted by atomic mass is 16.5. The Hall–Kier alpha value is -6.09. The average Bonchev–Trinajstić information content (AvgIpc) is 3.28. The van der Waals surface area contributed by atoms with Gasteiger partial charge in [-0.05, 0) is 99.5 Å². The zero-order valence-corrected chi connectivity index (χ0v) is 35.9. The normalized spacial score (nSPS) is 22.2. The lowest BCUT2D eigenvalue weighted by Crippen LogP contribution is -2.66. The molecule has 0 unspecified atom stereocenters. The Morgan fingerprint density at radius 2 is 1.68 bits per heavy atom. The molecule has 9 rings (SSSR count). The molecule has 0 radical (unpaired) electrons. The summed E-state index contributed by atoms with van der Waals surface area (Å²) in [6.45, 7) is 6.50. The highest BCUT2D eigenvalue weighted by Gasteiger charge is 2.47. The number of piperazine rings is 1. The molecule has 1 aliphatic carbocycles. The molecule has 1 spiro atoms. The molecule has 5 aliphatic heterocycles. The first kappa shape index (κ1) is 42.2. The van der Waals surface area contributed by atoms with Crippen molar-refractivity contribution in [3.63, 3.8) is 0 Å². The van der Waals surface area contributed by atoms with E-state index in [0.29, 0.717) is 75.9 Å². The van der Waals surface area contributed by atoms with Crippen LogP contribution in [-0.2, 0) is 14.4 Å². The number of allylic oxidation sites excluding steroid dienone is 1. The van der Waals surface area contributed by atoms with Crippen LogP contribution in [0.25, 0.3) is 0 Å². The first-order valence-corrected chi connectivity index (χ1v) is 22.6. The van der Waals surface area contributed by atoms with Crippen molar-refractivity contribution < 1.29 is 29.0 Å². The summed E-state index contributed by atoms with van der Waals surface area (Å²) >= 11 is 0. The van der Waals surface area contributed by atoms with E-state index >= 15 is 0 Å². The summed E-state index contributed by atoms with van der Waals surface area (Å²) in [5.41, 5.74) is 10.2. The zero-order valence-electron chi connectivity index (χ0n) is 35.9. The van der Waals surface area contributed by atoms with Gasteiger partial charge in [0, 0.05) is 69.3 Å². The predicted molar refractivity (Wildman–Crippen MR) is 241 cm³/mol. The number of hydrogen-bond acceptors (Lipinski definition) is 12. The van der Waals surface area contributed by atoms with E-state index in [1.54, 1.807) is 30.3 Å². The summed E-state index contributed by atoms with van der Waals surface area (Å²) in [5, 5.41) is 29.9. The lowest BCUT2D eigenvalue weighted by atomic mass is 9.73. The van der Waals surface area contributed by atoms with Crippen molar-refractivity contribution in [1.29, 1.82) is 10.8 Å². The number of hydrogen-bond donors (Lipinski definition) is 5. The molecule has 332 valence electrons. The molecule has 63 heavy (non-hydrogen) atoms. The maximum Gasteiger partial charge on any atom is 0.249 e. The van der Waals surface area contributed by atoms with Crippen LogP contribution in [-0.4, -0.2) is 132 Å². The number of piperidine rings is 3. The average molecular weight is 858 g/mol. The summed E-state index contributed by atoms with van der Waals surface area (Å²) in [7, 11) is 0. The molecule has 15 nitrogen and oxygen atoms in total. The number of para-hydroxylation sites is 2. The number of imide groups is 1. The highest BCUT2D eigenvalue weighted by molar-refractivity contribution is 6.12. The third-order valence-corrected chi connectivity index (χ3v) is 14.1. The van der Waals surface area contributed by atoms with E-state index in [2.05, 4.69) is 49.2 Å². The van der Waals surface area contributed by atoms with Crippen LogP contribution in [0.5, 0.6) is 17.2 Å². The first-order valence-electron chi connectivity index (χ1n) is 22.6. The molecule has 5 heterocycles. The third-order valence-electron chi connectivity index (χ3n) is 14.1. The van der Waals surface area contributed by atoms with E-state index in [0.717, 1.165) is 93.0 Å². The number of amides is 3. The van der Waals surface area contributed by atoms with Gasteiger partial charge in [0.15, 0.2) is 0 Å². The van der Waals surface area contributed by atoms with E-state index in [-0.39, 0.29) is 52.7 Å². The van der Waals surface area contributed by atoms with Gasteiger partial charge in [-0.1, -0.05) is 30.3 Å². The molecule has 3 amide bonds. The van der Waals surface area contributed by atoms with Crippen molar-refractivity contribution in [3.05, 3.63) is 89.6 Å². The number of phenolic OH excluding ortho intramolecular Hbond substituents is 1. The molecule has 0 aromatic heterocycles. The summed E-state index contributed by atoms with van der Waals surface area (Å²) in [6, 6.07) is 20.9. The number of aromatic hydroxyl groups is 1. The minimum absolute atomic E-state index is 0.0159. The SMILES string of the molecule is N=C(N)/C(=C\C(=N)c1ccccc1O)N1CCN(c2cccc(OC3CCN(C(=O)CN4CCC(c5cccc6c5OCCN6[C@H]5CCC(=O)NC5=O)CC4)CC3)c2)C2(CCC2)C1. The molecule has 1 atom stereocenters. The molecule has 1 saturated carbocycles. The van der Waals surface area contributed by atoms with Crippen molar-refractivity contribution in [2.75, 3.05) is 75.3 Å². The number of ether oxygens (including phenoxy) is 2. The number of benzene rings is 3. The number of nitrogens with zero attached hydrogens (tertiary/aromatic N) is 5. The second-order valence-electron chi connectivity index (χ2n) is 18.0. The van der Waals surface area contributed by atoms with Crippen LogP contribution in [0.1, 0.15) is 74.8 Å². The number of fused-ring (bicyclic) bond motifs is 1. The maximum atomic E-state index is 13.6. The summed E-state index contributed by atoms with van der Waals surface area (Å²) in [4.78, 5) is 49.1. The van der Waals surface area contributed by atoms with E-state index in [9.17, 15) is 19.5 Å². The van der Waals surface area contributed by atoms with Crippen LogP contribution in [0.4, 0.5) is 11.4 Å². The second-order valence-corrected chi connectivity index (χ2v) is 18.0. The van der Waals surface area contributed by atoms with E-state index < -0.39 is 0 Å². The molecule has 6 aliphatic rings. The fraction of sp³-hybridized carbons (Fsp3) is 0.479. The fourth-order valence-electron chi connectivity index (χ4n) is 10.6. The molecule has 3 aromatic rings. The van der Waals surface area contributed by atoms with Gasteiger partial charge in [0.2, 0.25) is 17.7 Å². The van der Waals surface area contributed by atoms with Crippen LogP contribution in [0.2, 0.25) is 0 Å². The van der Waals surface area contributed by atoms with Crippen LogP contribution < -0.4 is 30.3 Å². The van der Waals surface area contributed by atoms with Crippen molar-refractivity contribution in [3.8, 4) is 17.2 Å².